The highest BCUT2D eigenvalue weighted by Crippen LogP contribution is 2.09. The highest BCUT2D eigenvalue weighted by atomic mass is 16.3. The van der Waals surface area contributed by atoms with Crippen LogP contribution >= 0.6 is 0 Å². The zero-order chi connectivity index (χ0) is 21.2. The lowest BCUT2D eigenvalue weighted by Gasteiger charge is -2.08. The highest BCUT2D eigenvalue weighted by molar-refractivity contribution is 6.41. The van der Waals surface area contributed by atoms with Crippen molar-refractivity contribution in [2.45, 2.75) is 6.10 Å². The Morgan fingerprint density at radius 2 is 1.38 bits per heavy atom. The van der Waals surface area contributed by atoms with Crippen LogP contribution in [0.5, 0.6) is 0 Å². The molecule has 0 aliphatic carbocycles. The fourth-order valence-electron chi connectivity index (χ4n) is 2.10. The minimum absolute atomic E-state index is 0.335. The van der Waals surface area contributed by atoms with Gasteiger partial charge >= 0.3 is 5.91 Å². The predicted octanol–water partition coefficient (Wildman–Crippen LogP) is 1.10. The number of carbonyl (C=O) groups excluding carboxylic acids is 4. The largest absolute Gasteiger partial charge is 0.507 e. The smallest absolute Gasteiger partial charge is 0.310 e. The van der Waals surface area contributed by atoms with Crippen LogP contribution in [0.3, 0.4) is 0 Å². The van der Waals surface area contributed by atoms with E-state index in [1.807, 2.05) is 10.9 Å². The van der Waals surface area contributed by atoms with E-state index in [9.17, 15) is 29.4 Å². The first-order chi connectivity index (χ1) is 13.9. The van der Waals surface area contributed by atoms with Crippen LogP contribution in [0.4, 0.5) is 0 Å². The molecule has 1 unspecified atom stereocenters. The van der Waals surface area contributed by atoms with Crippen LogP contribution < -0.4 is 10.9 Å². The molecule has 0 saturated carbocycles. The second-order valence-electron chi connectivity index (χ2n) is 5.74. The Hall–Kier alpha value is -4.04. The van der Waals surface area contributed by atoms with E-state index >= 15 is 0 Å². The third kappa shape index (κ3) is 6.56. The summed E-state index contributed by atoms with van der Waals surface area (Å²) in [5.74, 6) is -4.23. The number of aliphatic hydroxyl groups excluding tert-OH is 2. The van der Waals surface area contributed by atoms with Gasteiger partial charge in [-0.1, -0.05) is 60.7 Å². The van der Waals surface area contributed by atoms with Gasteiger partial charge in [-0.15, -0.1) is 0 Å². The molecule has 0 aliphatic rings. The van der Waals surface area contributed by atoms with Gasteiger partial charge in [-0.2, -0.15) is 0 Å². The summed E-state index contributed by atoms with van der Waals surface area (Å²) in [6.07, 6.45) is 0.935. The molecular formula is C21H18N2O6. The average molecular weight is 394 g/mol. The fourth-order valence-corrected chi connectivity index (χ4v) is 2.10. The predicted molar refractivity (Wildman–Crippen MR) is 104 cm³/mol. The lowest BCUT2D eigenvalue weighted by Crippen LogP contribution is -2.48. The van der Waals surface area contributed by atoms with Gasteiger partial charge in [-0.25, -0.2) is 0 Å². The van der Waals surface area contributed by atoms with Gasteiger partial charge in [0.25, 0.3) is 5.91 Å². The Morgan fingerprint density at radius 1 is 0.828 bits per heavy atom. The second kappa shape index (κ2) is 10.3. The van der Waals surface area contributed by atoms with Crippen molar-refractivity contribution in [3.8, 4) is 0 Å². The molecule has 8 nitrogen and oxygen atoms in total. The van der Waals surface area contributed by atoms with Gasteiger partial charge < -0.3 is 10.2 Å². The molecule has 2 rings (SSSR count). The molecule has 4 N–H and O–H groups in total. The third-order valence-corrected chi connectivity index (χ3v) is 3.62. The Morgan fingerprint density at radius 3 is 1.97 bits per heavy atom. The molecule has 29 heavy (non-hydrogen) atoms. The Balaban J connectivity index is 1.85. The van der Waals surface area contributed by atoms with Crippen molar-refractivity contribution in [2.75, 3.05) is 0 Å². The van der Waals surface area contributed by atoms with Crippen molar-refractivity contribution < 1.29 is 29.4 Å². The molecule has 2 aromatic carbocycles. The number of nitrogens with one attached hydrogen (secondary N) is 2. The monoisotopic (exact) mass is 394 g/mol. The summed E-state index contributed by atoms with van der Waals surface area (Å²) >= 11 is 0. The summed E-state index contributed by atoms with van der Waals surface area (Å²) in [6, 6.07) is 16.3. The van der Waals surface area contributed by atoms with Crippen molar-refractivity contribution in [3.05, 3.63) is 90.0 Å². The van der Waals surface area contributed by atoms with Gasteiger partial charge in [-0.05, 0) is 12.2 Å². The molecular weight excluding hydrogens is 376 g/mol. The van der Waals surface area contributed by atoms with E-state index in [0.717, 1.165) is 12.2 Å². The minimum Gasteiger partial charge on any atom is -0.507 e. The number of carbonyl (C=O) groups is 4. The summed E-state index contributed by atoms with van der Waals surface area (Å²) in [7, 11) is 0. The van der Waals surface area contributed by atoms with Gasteiger partial charge in [0.15, 0.2) is 11.9 Å². The van der Waals surface area contributed by atoms with Crippen LogP contribution in [-0.4, -0.2) is 39.7 Å². The zero-order valence-electron chi connectivity index (χ0n) is 15.1. The van der Waals surface area contributed by atoms with E-state index in [1.54, 1.807) is 48.5 Å². The maximum atomic E-state index is 11.9. The molecule has 2 aromatic rings. The molecule has 148 valence electrons. The van der Waals surface area contributed by atoms with Crippen LogP contribution in [0.1, 0.15) is 15.9 Å². The number of amides is 2. The fraction of sp³-hybridized carbons (Fsp3) is 0.0476. The van der Waals surface area contributed by atoms with Crippen molar-refractivity contribution in [1.82, 2.24) is 10.9 Å². The van der Waals surface area contributed by atoms with Crippen LogP contribution in [0, 0.1) is 0 Å². The maximum absolute atomic E-state index is 11.9. The first kappa shape index (κ1) is 21.3. The lowest BCUT2D eigenvalue weighted by atomic mass is 10.1. The van der Waals surface area contributed by atoms with Crippen LogP contribution in [0.15, 0.2) is 78.9 Å². The van der Waals surface area contributed by atoms with Crippen LogP contribution in [0.25, 0.3) is 5.76 Å². The van der Waals surface area contributed by atoms with Crippen LogP contribution in [0.2, 0.25) is 0 Å². The first-order valence-electron chi connectivity index (χ1n) is 8.44. The second-order valence-corrected chi connectivity index (χ2v) is 5.74. The zero-order valence-corrected chi connectivity index (χ0v) is 15.1. The van der Waals surface area contributed by atoms with Crippen LogP contribution in [-0.2, 0) is 14.4 Å². The molecule has 2 amide bonds. The number of allylic oxidation sites excluding steroid dienone is 1. The standard InChI is InChI=1S/C21H18N2O6/c24-16(14-7-3-1-4-8-14)11-12-17(25)20(28)22-23-21(29)19(27)13-18(26)15-9-5-2-6-10-15/h1-13,17,25-26H,(H,22,28)(H,23,29). The summed E-state index contributed by atoms with van der Waals surface area (Å²) in [6.45, 7) is 0. The van der Waals surface area contributed by atoms with Gasteiger partial charge in [-0.3, -0.25) is 30.0 Å². The Kier molecular flexibility index (Phi) is 7.58. The Bertz CT molecular complexity index is 952. The topological polar surface area (TPSA) is 133 Å². The number of hydrogen-bond acceptors (Lipinski definition) is 6. The number of aliphatic hydroxyl groups is 2. The van der Waals surface area contributed by atoms with Gasteiger partial charge in [0.1, 0.15) is 5.76 Å². The third-order valence-electron chi connectivity index (χ3n) is 3.62. The van der Waals surface area contributed by atoms with E-state index in [4.69, 9.17) is 0 Å². The maximum Gasteiger partial charge on any atom is 0.310 e. The van der Waals surface area contributed by atoms with Gasteiger partial charge in [0, 0.05) is 17.2 Å². The van der Waals surface area contributed by atoms with Gasteiger partial charge in [0.2, 0.25) is 5.78 Å². The van der Waals surface area contributed by atoms with Crippen molar-refractivity contribution in [3.63, 3.8) is 0 Å². The number of rotatable bonds is 7. The van der Waals surface area contributed by atoms with E-state index in [1.165, 1.54) is 12.1 Å². The minimum atomic E-state index is -1.73. The summed E-state index contributed by atoms with van der Waals surface area (Å²) < 4.78 is 0. The molecule has 0 aliphatic heterocycles. The normalized spacial score (nSPS) is 12.2. The van der Waals surface area contributed by atoms with Gasteiger partial charge in [0.05, 0.1) is 0 Å². The van der Waals surface area contributed by atoms with E-state index in [2.05, 4.69) is 0 Å². The lowest BCUT2D eigenvalue weighted by molar-refractivity contribution is -0.138. The van der Waals surface area contributed by atoms with Crippen molar-refractivity contribution in [1.29, 1.82) is 0 Å². The molecule has 0 fully saturated rings. The molecule has 0 heterocycles. The number of ketones is 2. The summed E-state index contributed by atoms with van der Waals surface area (Å²) in [5.41, 5.74) is 4.38. The number of benzene rings is 2. The molecule has 0 saturated heterocycles. The van der Waals surface area contributed by atoms with E-state index < -0.39 is 35.2 Å². The van der Waals surface area contributed by atoms with E-state index in [0.29, 0.717) is 17.2 Å². The first-order valence-corrected chi connectivity index (χ1v) is 8.44. The summed E-state index contributed by atoms with van der Waals surface area (Å²) in [4.78, 5) is 47.1. The molecule has 0 spiro atoms. The SMILES string of the molecule is O=C(C=C(O)c1ccccc1)C(=O)NNC(=O)C(O)C=CC(=O)c1ccccc1. The van der Waals surface area contributed by atoms with Crippen molar-refractivity contribution >= 4 is 29.1 Å². The van der Waals surface area contributed by atoms with Crippen molar-refractivity contribution in [2.24, 2.45) is 0 Å². The number of hydrazine groups is 1. The summed E-state index contributed by atoms with van der Waals surface area (Å²) in [5, 5.41) is 19.5. The quantitative estimate of drug-likeness (QED) is 0.183. The molecule has 0 radical (unpaired) electrons. The molecule has 0 bridgehead atoms. The number of hydrogen-bond donors (Lipinski definition) is 4. The van der Waals surface area contributed by atoms with E-state index in [-0.39, 0.29) is 0 Å². The molecule has 1 atom stereocenters. The molecule has 8 heteroatoms. The average Bonchev–Trinajstić information content (AvgIpc) is 2.76. The highest BCUT2D eigenvalue weighted by Gasteiger charge is 2.17. The Labute approximate surface area is 166 Å². The molecule has 0 aromatic heterocycles.